The van der Waals surface area contributed by atoms with E-state index < -0.39 is 5.97 Å². The Morgan fingerprint density at radius 3 is 1.95 bits per heavy atom. The zero-order chi connectivity index (χ0) is 15.1. The fourth-order valence-corrected chi connectivity index (χ4v) is 2.82. The summed E-state index contributed by atoms with van der Waals surface area (Å²) in [5, 5.41) is 12.8. The van der Waals surface area contributed by atoms with Crippen molar-refractivity contribution in [3.8, 4) is 0 Å². The van der Waals surface area contributed by atoms with E-state index in [1.54, 1.807) is 7.05 Å². The number of aliphatic carboxylic acids is 1. The molecule has 0 bridgehead atoms. The average molecular weight is 302 g/mol. The molecule has 0 atom stereocenters. The van der Waals surface area contributed by atoms with Crippen LogP contribution in [0.4, 0.5) is 0 Å². The van der Waals surface area contributed by atoms with Gasteiger partial charge < -0.3 is 10.5 Å². The van der Waals surface area contributed by atoms with E-state index in [-0.39, 0.29) is 5.04 Å². The second kappa shape index (κ2) is 14.7. The van der Waals surface area contributed by atoms with Gasteiger partial charge in [-0.25, -0.2) is 4.79 Å². The number of carboxylic acids is 1. The Labute approximate surface area is 127 Å². The molecule has 5 heteroatoms. The van der Waals surface area contributed by atoms with Crippen LogP contribution in [0.15, 0.2) is 5.10 Å². The van der Waals surface area contributed by atoms with Crippen LogP contribution in [0.5, 0.6) is 0 Å². The van der Waals surface area contributed by atoms with Crippen LogP contribution >= 0.6 is 11.8 Å². The fraction of sp³-hybridized carbons (Fsp3) is 0.867. The Morgan fingerprint density at radius 1 is 1.00 bits per heavy atom. The van der Waals surface area contributed by atoms with E-state index in [4.69, 9.17) is 5.11 Å². The van der Waals surface area contributed by atoms with Gasteiger partial charge in [-0.3, -0.25) is 0 Å². The largest absolute Gasteiger partial charge is 0.476 e. The first-order valence-electron chi connectivity index (χ1n) is 7.82. The lowest BCUT2D eigenvalue weighted by atomic mass is 10.1. The van der Waals surface area contributed by atoms with Gasteiger partial charge in [0.05, 0.1) is 0 Å². The maximum Gasteiger partial charge on any atom is 0.363 e. The van der Waals surface area contributed by atoms with E-state index in [0.29, 0.717) is 0 Å². The van der Waals surface area contributed by atoms with Crippen molar-refractivity contribution in [2.24, 2.45) is 5.10 Å². The van der Waals surface area contributed by atoms with E-state index in [9.17, 15) is 4.79 Å². The SMILES string of the molecule is CCCCCCCCCCCCSC(=NNC)C(=O)O. The summed E-state index contributed by atoms with van der Waals surface area (Å²) < 4.78 is 0. The third-order valence-electron chi connectivity index (χ3n) is 3.13. The summed E-state index contributed by atoms with van der Waals surface area (Å²) >= 11 is 1.32. The Hall–Kier alpha value is -0.710. The minimum Gasteiger partial charge on any atom is -0.476 e. The third kappa shape index (κ3) is 12.3. The molecule has 0 heterocycles. The standard InChI is InChI=1S/C15H30N2O2S/c1-3-4-5-6-7-8-9-10-11-12-13-20-14(15(18)19)17-16-2/h16H,3-13H2,1-2H3,(H,18,19). The Bertz CT molecular complexity index is 271. The van der Waals surface area contributed by atoms with Crippen molar-refractivity contribution >= 4 is 22.8 Å². The molecule has 0 saturated carbocycles. The summed E-state index contributed by atoms with van der Waals surface area (Å²) in [4.78, 5) is 10.8. The predicted molar refractivity (Wildman–Crippen MR) is 88.4 cm³/mol. The summed E-state index contributed by atoms with van der Waals surface area (Å²) in [5.74, 6) is -0.111. The number of carbonyl (C=O) groups is 1. The van der Waals surface area contributed by atoms with Crippen molar-refractivity contribution in [1.82, 2.24) is 5.43 Å². The van der Waals surface area contributed by atoms with Gasteiger partial charge in [-0.2, -0.15) is 5.10 Å². The molecular weight excluding hydrogens is 272 g/mol. The van der Waals surface area contributed by atoms with E-state index >= 15 is 0 Å². The van der Waals surface area contributed by atoms with Crippen LogP contribution in [-0.4, -0.2) is 28.9 Å². The number of nitrogens with zero attached hydrogens (tertiary/aromatic N) is 1. The van der Waals surface area contributed by atoms with Crippen LogP contribution in [-0.2, 0) is 4.79 Å². The number of hydrazone groups is 1. The first-order valence-corrected chi connectivity index (χ1v) is 8.81. The van der Waals surface area contributed by atoms with Crippen molar-refractivity contribution in [1.29, 1.82) is 0 Å². The van der Waals surface area contributed by atoms with Gasteiger partial charge in [0.15, 0.2) is 0 Å². The number of hydrogen-bond acceptors (Lipinski definition) is 4. The number of carboxylic acid groups (broad SMARTS) is 1. The maximum absolute atomic E-state index is 10.8. The van der Waals surface area contributed by atoms with Gasteiger partial charge in [0, 0.05) is 7.05 Å². The van der Waals surface area contributed by atoms with Crippen molar-refractivity contribution in [3.63, 3.8) is 0 Å². The molecule has 0 aromatic heterocycles. The second-order valence-corrected chi connectivity index (χ2v) is 6.06. The first kappa shape index (κ1) is 19.3. The molecule has 0 aliphatic rings. The molecule has 0 radical (unpaired) electrons. The monoisotopic (exact) mass is 302 g/mol. The van der Waals surface area contributed by atoms with Crippen LogP contribution in [0, 0.1) is 0 Å². The Balaban J connectivity index is 3.32. The van der Waals surface area contributed by atoms with Gasteiger partial charge >= 0.3 is 5.97 Å². The number of thioether (sulfide) groups is 1. The fourth-order valence-electron chi connectivity index (χ4n) is 2.00. The molecule has 0 saturated heterocycles. The quantitative estimate of drug-likeness (QED) is 0.245. The molecule has 0 rings (SSSR count). The molecule has 0 aliphatic carbocycles. The molecule has 0 aliphatic heterocycles. The Morgan fingerprint density at radius 2 is 1.50 bits per heavy atom. The van der Waals surface area contributed by atoms with Crippen LogP contribution in [0.2, 0.25) is 0 Å². The van der Waals surface area contributed by atoms with Gasteiger partial charge in [0.1, 0.15) is 0 Å². The van der Waals surface area contributed by atoms with Gasteiger partial charge in [-0.05, 0) is 12.2 Å². The summed E-state index contributed by atoms with van der Waals surface area (Å²) in [6.07, 6.45) is 13.0. The minimum atomic E-state index is -0.948. The maximum atomic E-state index is 10.8. The van der Waals surface area contributed by atoms with E-state index in [1.807, 2.05) is 0 Å². The summed E-state index contributed by atoms with van der Waals surface area (Å²) in [6.45, 7) is 2.25. The molecule has 0 aromatic carbocycles. The van der Waals surface area contributed by atoms with Gasteiger partial charge in [0.2, 0.25) is 5.04 Å². The van der Waals surface area contributed by atoms with Crippen molar-refractivity contribution in [2.45, 2.75) is 71.1 Å². The van der Waals surface area contributed by atoms with Gasteiger partial charge in [0.25, 0.3) is 0 Å². The molecule has 0 unspecified atom stereocenters. The normalized spacial score (nSPS) is 11.6. The zero-order valence-electron chi connectivity index (χ0n) is 13.0. The van der Waals surface area contributed by atoms with E-state index in [1.165, 1.54) is 69.5 Å². The van der Waals surface area contributed by atoms with Crippen molar-refractivity contribution in [2.75, 3.05) is 12.8 Å². The van der Waals surface area contributed by atoms with E-state index in [2.05, 4.69) is 17.5 Å². The minimum absolute atomic E-state index is 0.156. The molecule has 0 amide bonds. The number of hydrogen-bond donors (Lipinski definition) is 2. The first-order chi connectivity index (χ1) is 9.72. The predicted octanol–water partition coefficient (Wildman–Crippen LogP) is 4.26. The third-order valence-corrected chi connectivity index (χ3v) is 4.17. The van der Waals surface area contributed by atoms with Crippen LogP contribution in [0.1, 0.15) is 71.1 Å². The Kier molecular flexibility index (Phi) is 14.2. The van der Waals surface area contributed by atoms with E-state index in [0.717, 1.165) is 12.2 Å². The highest BCUT2D eigenvalue weighted by Gasteiger charge is 2.09. The number of unbranched alkanes of at least 4 members (excludes halogenated alkanes) is 9. The molecule has 20 heavy (non-hydrogen) atoms. The van der Waals surface area contributed by atoms with Gasteiger partial charge in [-0.1, -0.05) is 76.5 Å². The summed E-state index contributed by atoms with van der Waals surface area (Å²) in [6, 6.07) is 0. The van der Waals surface area contributed by atoms with Crippen molar-refractivity contribution < 1.29 is 9.90 Å². The molecule has 0 spiro atoms. The molecule has 4 nitrogen and oxygen atoms in total. The zero-order valence-corrected chi connectivity index (χ0v) is 13.8. The molecule has 118 valence electrons. The second-order valence-electron chi connectivity index (χ2n) is 4.98. The molecular formula is C15H30N2O2S. The van der Waals surface area contributed by atoms with Gasteiger partial charge in [-0.15, -0.1) is 0 Å². The van der Waals surface area contributed by atoms with Crippen LogP contribution < -0.4 is 5.43 Å². The van der Waals surface area contributed by atoms with Crippen LogP contribution in [0.25, 0.3) is 0 Å². The molecule has 2 N–H and O–H groups in total. The molecule has 0 fully saturated rings. The lowest BCUT2D eigenvalue weighted by molar-refractivity contribution is -0.129. The highest BCUT2D eigenvalue weighted by molar-refractivity contribution is 8.15. The average Bonchev–Trinajstić information content (AvgIpc) is 2.43. The highest BCUT2D eigenvalue weighted by Crippen LogP contribution is 2.13. The summed E-state index contributed by atoms with van der Waals surface area (Å²) in [5.41, 5.74) is 2.53. The van der Waals surface area contributed by atoms with Crippen molar-refractivity contribution in [3.05, 3.63) is 0 Å². The lowest BCUT2D eigenvalue weighted by Crippen LogP contribution is -2.13. The van der Waals surface area contributed by atoms with Crippen LogP contribution in [0.3, 0.4) is 0 Å². The molecule has 0 aromatic rings. The highest BCUT2D eigenvalue weighted by atomic mass is 32.2. The smallest absolute Gasteiger partial charge is 0.363 e. The summed E-state index contributed by atoms with van der Waals surface area (Å²) in [7, 11) is 1.62. The topological polar surface area (TPSA) is 61.7 Å². The lowest BCUT2D eigenvalue weighted by Gasteiger charge is -2.03. The number of rotatable bonds is 12. The number of nitrogens with one attached hydrogen (secondary N) is 1.